The summed E-state index contributed by atoms with van der Waals surface area (Å²) in [4.78, 5) is 18.9. The Morgan fingerprint density at radius 1 is 1.29 bits per heavy atom. The van der Waals surface area contributed by atoms with E-state index in [0.29, 0.717) is 10.7 Å². The summed E-state index contributed by atoms with van der Waals surface area (Å²) in [7, 11) is 4.01. The molecule has 1 heterocycles. The van der Waals surface area contributed by atoms with Gasteiger partial charge in [0, 0.05) is 17.8 Å². The summed E-state index contributed by atoms with van der Waals surface area (Å²) in [5, 5.41) is 3.50. The Hall–Kier alpha value is -2.44. The van der Waals surface area contributed by atoms with Gasteiger partial charge in [0.15, 0.2) is 5.13 Å². The van der Waals surface area contributed by atoms with Crippen molar-refractivity contribution in [3.8, 4) is 0 Å². The van der Waals surface area contributed by atoms with Crippen LogP contribution in [0.3, 0.4) is 0 Å². The number of hydrogen-bond acceptors (Lipinski definition) is 5. The highest BCUT2D eigenvalue weighted by Gasteiger charge is 2.11. The second kappa shape index (κ2) is 6.59. The Kier molecular flexibility index (Phi) is 4.51. The number of benzene rings is 2. The maximum atomic E-state index is 12.5. The highest BCUT2D eigenvalue weighted by Crippen LogP contribution is 2.29. The number of carbonyl (C=O) groups is 1. The van der Waals surface area contributed by atoms with E-state index in [2.05, 4.69) is 15.2 Å². The van der Waals surface area contributed by atoms with E-state index in [4.69, 9.17) is 5.73 Å². The van der Waals surface area contributed by atoms with Crippen molar-refractivity contribution in [2.75, 3.05) is 25.1 Å². The van der Waals surface area contributed by atoms with E-state index in [-0.39, 0.29) is 5.91 Å². The van der Waals surface area contributed by atoms with Crippen LogP contribution in [0.5, 0.6) is 0 Å². The predicted molar refractivity (Wildman–Crippen MR) is 101 cm³/mol. The van der Waals surface area contributed by atoms with Crippen molar-refractivity contribution >= 4 is 38.3 Å². The van der Waals surface area contributed by atoms with E-state index in [1.807, 2.05) is 57.4 Å². The number of amides is 1. The van der Waals surface area contributed by atoms with Crippen LogP contribution in [0.25, 0.3) is 10.2 Å². The summed E-state index contributed by atoms with van der Waals surface area (Å²) in [5.74, 6) is -0.119. The van der Waals surface area contributed by atoms with E-state index < -0.39 is 0 Å². The molecule has 0 spiro atoms. The van der Waals surface area contributed by atoms with Crippen molar-refractivity contribution in [2.24, 2.45) is 0 Å². The number of nitrogens with one attached hydrogen (secondary N) is 1. The number of nitrogen functional groups attached to an aromatic ring is 1. The van der Waals surface area contributed by atoms with Gasteiger partial charge in [0.25, 0.3) is 5.91 Å². The molecule has 0 atom stereocenters. The number of hydrogen-bond donors (Lipinski definition) is 2. The molecule has 3 aromatic rings. The van der Waals surface area contributed by atoms with Crippen LogP contribution in [0.15, 0.2) is 36.4 Å². The van der Waals surface area contributed by atoms with Gasteiger partial charge >= 0.3 is 0 Å². The third-order valence-electron chi connectivity index (χ3n) is 3.65. The van der Waals surface area contributed by atoms with Crippen LogP contribution in [0, 0.1) is 6.92 Å². The van der Waals surface area contributed by atoms with Crippen LogP contribution < -0.4 is 11.1 Å². The minimum absolute atomic E-state index is 0.119. The van der Waals surface area contributed by atoms with Gasteiger partial charge in [-0.2, -0.15) is 0 Å². The molecule has 0 radical (unpaired) electrons. The Labute approximate surface area is 145 Å². The zero-order valence-corrected chi connectivity index (χ0v) is 14.8. The van der Waals surface area contributed by atoms with Crippen LogP contribution in [-0.2, 0) is 6.54 Å². The normalized spacial score (nSPS) is 11.2. The first-order chi connectivity index (χ1) is 11.4. The number of anilines is 2. The number of carbonyl (C=O) groups excluding carboxylic acids is 1. The second-order valence-corrected chi connectivity index (χ2v) is 7.15. The molecule has 0 fully saturated rings. The van der Waals surface area contributed by atoms with Gasteiger partial charge in [-0.1, -0.05) is 23.5 Å². The van der Waals surface area contributed by atoms with Gasteiger partial charge in [0.05, 0.1) is 10.2 Å². The minimum Gasteiger partial charge on any atom is -0.375 e. The monoisotopic (exact) mass is 340 g/mol. The Bertz CT molecular complexity index is 901. The van der Waals surface area contributed by atoms with Gasteiger partial charge in [0.2, 0.25) is 0 Å². The fourth-order valence-electron chi connectivity index (χ4n) is 2.67. The van der Waals surface area contributed by atoms with E-state index in [1.165, 1.54) is 11.3 Å². The molecular weight excluding hydrogens is 320 g/mol. The number of rotatable bonds is 4. The maximum Gasteiger partial charge on any atom is 0.255 e. The Morgan fingerprint density at radius 2 is 2.08 bits per heavy atom. The van der Waals surface area contributed by atoms with E-state index in [0.717, 1.165) is 33.6 Å². The molecule has 2 aromatic carbocycles. The van der Waals surface area contributed by atoms with E-state index >= 15 is 0 Å². The van der Waals surface area contributed by atoms with Crippen LogP contribution in [0.2, 0.25) is 0 Å². The first kappa shape index (κ1) is 16.4. The molecule has 24 heavy (non-hydrogen) atoms. The van der Waals surface area contributed by atoms with Gasteiger partial charge in [0.1, 0.15) is 0 Å². The zero-order valence-electron chi connectivity index (χ0n) is 14.0. The Morgan fingerprint density at radius 3 is 2.83 bits per heavy atom. The molecule has 1 amide bonds. The molecule has 0 aliphatic rings. The highest BCUT2D eigenvalue weighted by atomic mass is 32.1. The predicted octanol–water partition coefficient (Wildman–Crippen LogP) is 3.50. The first-order valence-electron chi connectivity index (χ1n) is 7.64. The third-order valence-corrected chi connectivity index (χ3v) is 4.48. The summed E-state index contributed by atoms with van der Waals surface area (Å²) in [6.45, 7) is 2.77. The van der Waals surface area contributed by atoms with Crippen molar-refractivity contribution in [1.29, 1.82) is 0 Å². The maximum absolute atomic E-state index is 12.5. The number of fused-ring (bicyclic) bond motifs is 1. The lowest BCUT2D eigenvalue weighted by atomic mass is 10.1. The molecule has 124 valence electrons. The number of nitrogens with zero attached hydrogens (tertiary/aromatic N) is 2. The van der Waals surface area contributed by atoms with Crippen molar-refractivity contribution in [2.45, 2.75) is 13.5 Å². The summed E-state index contributed by atoms with van der Waals surface area (Å²) >= 11 is 1.42. The second-order valence-electron chi connectivity index (χ2n) is 6.08. The van der Waals surface area contributed by atoms with Crippen molar-refractivity contribution < 1.29 is 4.79 Å². The van der Waals surface area contributed by atoms with Crippen LogP contribution >= 0.6 is 11.3 Å². The van der Waals surface area contributed by atoms with Crippen LogP contribution in [0.4, 0.5) is 10.8 Å². The number of aryl methyl sites for hydroxylation is 1. The molecule has 1 aromatic heterocycles. The van der Waals surface area contributed by atoms with Crippen LogP contribution in [-0.4, -0.2) is 29.9 Å². The van der Waals surface area contributed by atoms with Gasteiger partial charge in [-0.15, -0.1) is 0 Å². The quantitative estimate of drug-likeness (QED) is 0.762. The molecule has 3 N–H and O–H groups in total. The molecule has 0 aliphatic carbocycles. The standard InChI is InChI=1S/C18H20N4OS/c1-11-7-14(9-15-16(11)21-18(19)24-15)20-17(23)13-6-4-5-12(8-13)10-22(2)3/h4-9H,10H2,1-3H3,(H2,19,21)(H,20,23). The van der Waals surface area contributed by atoms with Gasteiger partial charge in [-0.25, -0.2) is 4.98 Å². The van der Waals surface area contributed by atoms with Crippen molar-refractivity contribution in [1.82, 2.24) is 9.88 Å². The summed E-state index contributed by atoms with van der Waals surface area (Å²) in [6, 6.07) is 11.5. The smallest absolute Gasteiger partial charge is 0.255 e. The topological polar surface area (TPSA) is 71.2 Å². The largest absolute Gasteiger partial charge is 0.375 e. The molecule has 5 nitrogen and oxygen atoms in total. The molecule has 0 unspecified atom stereocenters. The molecule has 6 heteroatoms. The first-order valence-corrected chi connectivity index (χ1v) is 8.46. The van der Waals surface area contributed by atoms with E-state index in [9.17, 15) is 4.79 Å². The molecular formula is C18H20N4OS. The fourth-order valence-corrected chi connectivity index (χ4v) is 3.52. The average molecular weight is 340 g/mol. The zero-order chi connectivity index (χ0) is 17.3. The number of thiazole rings is 1. The lowest BCUT2D eigenvalue weighted by molar-refractivity contribution is 0.102. The van der Waals surface area contributed by atoms with Crippen LogP contribution in [0.1, 0.15) is 21.5 Å². The minimum atomic E-state index is -0.119. The summed E-state index contributed by atoms with van der Waals surface area (Å²) < 4.78 is 0.976. The summed E-state index contributed by atoms with van der Waals surface area (Å²) in [5.41, 5.74) is 10.2. The molecule has 0 saturated heterocycles. The molecule has 0 bridgehead atoms. The van der Waals surface area contributed by atoms with Crippen molar-refractivity contribution in [3.05, 3.63) is 53.1 Å². The van der Waals surface area contributed by atoms with Gasteiger partial charge < -0.3 is 16.0 Å². The SMILES string of the molecule is Cc1cc(NC(=O)c2cccc(CN(C)C)c2)cc2sc(N)nc12. The molecule has 0 saturated carbocycles. The average Bonchev–Trinajstić information content (AvgIpc) is 2.88. The molecule has 3 rings (SSSR count). The fraction of sp³-hybridized carbons (Fsp3) is 0.222. The molecule has 0 aliphatic heterocycles. The van der Waals surface area contributed by atoms with Crippen molar-refractivity contribution in [3.63, 3.8) is 0 Å². The number of aromatic nitrogens is 1. The third kappa shape index (κ3) is 3.55. The highest BCUT2D eigenvalue weighted by molar-refractivity contribution is 7.22. The Balaban J connectivity index is 1.84. The van der Waals surface area contributed by atoms with Gasteiger partial charge in [-0.3, -0.25) is 4.79 Å². The number of nitrogens with two attached hydrogens (primary N) is 1. The lowest BCUT2D eigenvalue weighted by Gasteiger charge is -2.11. The lowest BCUT2D eigenvalue weighted by Crippen LogP contribution is -2.14. The van der Waals surface area contributed by atoms with E-state index in [1.54, 1.807) is 0 Å². The van der Waals surface area contributed by atoms with Gasteiger partial charge in [-0.05, 0) is 56.4 Å². The summed E-state index contributed by atoms with van der Waals surface area (Å²) in [6.07, 6.45) is 0.